The van der Waals surface area contributed by atoms with E-state index in [-0.39, 0.29) is 23.0 Å². The third kappa shape index (κ3) is 5.64. The molecule has 5 rings (SSSR count). The van der Waals surface area contributed by atoms with Gasteiger partial charge >= 0.3 is 0 Å². The monoisotopic (exact) mass is 567 g/mol. The predicted octanol–water partition coefficient (Wildman–Crippen LogP) is 5.66. The Morgan fingerprint density at radius 1 is 1.05 bits per heavy atom. The lowest BCUT2D eigenvalue weighted by Crippen LogP contribution is -2.48. The van der Waals surface area contributed by atoms with Crippen molar-refractivity contribution in [3.05, 3.63) is 83.9 Å². The molecule has 0 saturated carbocycles. The molecule has 2 unspecified atom stereocenters. The maximum absolute atomic E-state index is 13.8. The highest BCUT2D eigenvalue weighted by molar-refractivity contribution is 7.98. The first-order valence-corrected chi connectivity index (χ1v) is 15.8. The van der Waals surface area contributed by atoms with Crippen LogP contribution in [-0.4, -0.2) is 55.2 Å². The van der Waals surface area contributed by atoms with Crippen LogP contribution in [0.3, 0.4) is 0 Å². The standard InChI is InChI=1S/C28H29N3O4S3/c1-19-16-30(17-20(2)35-19)38(33,34)24-12-9-22(10-13-24)27(32)31(18-21-7-5-4-6-8-21)28-29-25-14-11-23(36-3)15-26(25)37-28/h4-15,19-20H,16-18H2,1-3H3. The summed E-state index contributed by atoms with van der Waals surface area (Å²) >= 11 is 3.13. The number of thiazole rings is 1. The molecule has 0 spiro atoms. The Morgan fingerprint density at radius 3 is 2.39 bits per heavy atom. The molecule has 0 N–H and O–H groups in total. The van der Waals surface area contributed by atoms with Crippen LogP contribution < -0.4 is 4.90 Å². The summed E-state index contributed by atoms with van der Waals surface area (Å²) in [5, 5.41) is 0.597. The minimum Gasteiger partial charge on any atom is -0.373 e. The van der Waals surface area contributed by atoms with Gasteiger partial charge in [0.1, 0.15) is 0 Å². The Morgan fingerprint density at radius 2 is 1.74 bits per heavy atom. The number of anilines is 1. The van der Waals surface area contributed by atoms with Gasteiger partial charge in [0.15, 0.2) is 5.13 Å². The Kier molecular flexibility index (Phi) is 7.88. The minimum atomic E-state index is -3.70. The molecule has 0 radical (unpaired) electrons. The van der Waals surface area contributed by atoms with E-state index < -0.39 is 10.0 Å². The fourth-order valence-corrected chi connectivity index (χ4v) is 7.64. The smallest absolute Gasteiger partial charge is 0.260 e. The topological polar surface area (TPSA) is 79.8 Å². The average molecular weight is 568 g/mol. The van der Waals surface area contributed by atoms with Crippen LogP contribution in [0.4, 0.5) is 5.13 Å². The zero-order chi connectivity index (χ0) is 26.9. The quantitative estimate of drug-likeness (QED) is 0.268. The SMILES string of the molecule is CSc1ccc2nc(N(Cc3ccccc3)C(=O)c3ccc(S(=O)(=O)N4CC(C)OC(C)C4)cc3)sc2c1. The fourth-order valence-electron chi connectivity index (χ4n) is 4.53. The zero-order valence-electron chi connectivity index (χ0n) is 21.4. The molecule has 1 fully saturated rings. The first kappa shape index (κ1) is 26.8. The van der Waals surface area contributed by atoms with Crippen LogP contribution >= 0.6 is 23.1 Å². The lowest BCUT2D eigenvalue weighted by molar-refractivity contribution is -0.0440. The Balaban J connectivity index is 1.45. The molecular weight excluding hydrogens is 539 g/mol. The van der Waals surface area contributed by atoms with E-state index >= 15 is 0 Å². The molecule has 38 heavy (non-hydrogen) atoms. The van der Waals surface area contributed by atoms with Crippen LogP contribution in [0.1, 0.15) is 29.8 Å². The van der Waals surface area contributed by atoms with Crippen molar-refractivity contribution in [2.24, 2.45) is 0 Å². The fraction of sp³-hybridized carbons (Fsp3) is 0.286. The number of carbonyl (C=O) groups is 1. The Labute approximate surface area is 231 Å². The summed E-state index contributed by atoms with van der Waals surface area (Å²) in [4.78, 5) is 21.5. The van der Waals surface area contributed by atoms with Gasteiger partial charge in [-0.25, -0.2) is 13.4 Å². The van der Waals surface area contributed by atoms with Gasteiger partial charge in [-0.3, -0.25) is 9.69 Å². The molecule has 7 nitrogen and oxygen atoms in total. The van der Waals surface area contributed by atoms with Crippen LogP contribution in [0.25, 0.3) is 10.2 Å². The largest absolute Gasteiger partial charge is 0.373 e. The number of hydrogen-bond donors (Lipinski definition) is 0. The summed E-state index contributed by atoms with van der Waals surface area (Å²) in [5.41, 5.74) is 2.20. The van der Waals surface area contributed by atoms with Gasteiger partial charge < -0.3 is 4.74 Å². The van der Waals surface area contributed by atoms with Crippen molar-refractivity contribution in [1.82, 2.24) is 9.29 Å². The molecular formula is C28H29N3O4S3. The maximum atomic E-state index is 13.8. The third-order valence-corrected chi connectivity index (χ3v) is 9.98. The second kappa shape index (κ2) is 11.2. The number of thioether (sulfide) groups is 1. The number of fused-ring (bicyclic) bond motifs is 1. The van der Waals surface area contributed by atoms with Gasteiger partial charge in [-0.05, 0) is 68.1 Å². The van der Waals surface area contributed by atoms with Gasteiger partial charge in [0, 0.05) is 23.5 Å². The number of sulfonamides is 1. The number of benzene rings is 3. The second-order valence-corrected chi connectivity index (χ2v) is 13.1. The molecule has 2 atom stereocenters. The highest BCUT2D eigenvalue weighted by Crippen LogP contribution is 2.33. The third-order valence-electron chi connectivity index (χ3n) is 6.37. The van der Waals surface area contributed by atoms with E-state index in [0.29, 0.717) is 30.3 Å². The van der Waals surface area contributed by atoms with Gasteiger partial charge in [0.2, 0.25) is 10.0 Å². The van der Waals surface area contributed by atoms with Crippen molar-refractivity contribution in [1.29, 1.82) is 0 Å². The molecule has 1 amide bonds. The van der Waals surface area contributed by atoms with Crippen molar-refractivity contribution < 1.29 is 17.9 Å². The molecule has 1 aliphatic rings. The van der Waals surface area contributed by atoms with Gasteiger partial charge in [-0.2, -0.15) is 4.31 Å². The molecule has 1 aromatic heterocycles. The number of carbonyl (C=O) groups excluding carboxylic acids is 1. The molecule has 4 aromatic rings. The molecule has 198 valence electrons. The highest BCUT2D eigenvalue weighted by atomic mass is 32.2. The van der Waals surface area contributed by atoms with E-state index in [9.17, 15) is 13.2 Å². The lowest BCUT2D eigenvalue weighted by Gasteiger charge is -2.34. The predicted molar refractivity (Wildman–Crippen MR) is 154 cm³/mol. The van der Waals surface area contributed by atoms with E-state index in [1.165, 1.54) is 27.8 Å². The van der Waals surface area contributed by atoms with Crippen LogP contribution in [-0.2, 0) is 21.3 Å². The van der Waals surface area contributed by atoms with Crippen molar-refractivity contribution in [3.63, 3.8) is 0 Å². The number of hydrogen-bond acceptors (Lipinski definition) is 7. The van der Waals surface area contributed by atoms with E-state index in [1.54, 1.807) is 28.8 Å². The summed E-state index contributed by atoms with van der Waals surface area (Å²) in [6.07, 6.45) is 1.67. The van der Waals surface area contributed by atoms with Crippen LogP contribution in [0.2, 0.25) is 0 Å². The molecule has 10 heteroatoms. The van der Waals surface area contributed by atoms with E-state index in [1.807, 2.05) is 62.6 Å². The normalized spacial score (nSPS) is 18.5. The molecule has 0 aliphatic carbocycles. The number of rotatable bonds is 7. The van der Waals surface area contributed by atoms with Gasteiger partial charge in [-0.1, -0.05) is 41.7 Å². The Hall–Kier alpha value is -2.76. The van der Waals surface area contributed by atoms with E-state index in [4.69, 9.17) is 9.72 Å². The molecule has 0 bridgehead atoms. The summed E-state index contributed by atoms with van der Waals surface area (Å²) in [5.74, 6) is -0.240. The van der Waals surface area contributed by atoms with Crippen molar-refractivity contribution in [2.45, 2.75) is 42.4 Å². The minimum absolute atomic E-state index is 0.162. The van der Waals surface area contributed by atoms with Crippen LogP contribution in [0.5, 0.6) is 0 Å². The molecule has 2 heterocycles. The maximum Gasteiger partial charge on any atom is 0.260 e. The number of ether oxygens (including phenoxy) is 1. The average Bonchev–Trinajstić information content (AvgIpc) is 3.34. The molecule has 3 aromatic carbocycles. The first-order valence-electron chi connectivity index (χ1n) is 12.3. The van der Waals surface area contributed by atoms with Crippen LogP contribution in [0.15, 0.2) is 82.6 Å². The summed E-state index contributed by atoms with van der Waals surface area (Å²) < 4.78 is 34.7. The summed E-state index contributed by atoms with van der Waals surface area (Å²) in [6, 6.07) is 22.0. The zero-order valence-corrected chi connectivity index (χ0v) is 23.9. The van der Waals surface area contributed by atoms with E-state index in [0.717, 1.165) is 20.7 Å². The van der Waals surface area contributed by atoms with E-state index in [2.05, 4.69) is 6.07 Å². The van der Waals surface area contributed by atoms with Gasteiger partial charge in [-0.15, -0.1) is 11.8 Å². The number of morpholine rings is 1. The molecule has 1 saturated heterocycles. The lowest BCUT2D eigenvalue weighted by atomic mass is 10.1. The molecule has 1 aliphatic heterocycles. The number of aromatic nitrogens is 1. The van der Waals surface area contributed by atoms with Crippen molar-refractivity contribution in [2.75, 3.05) is 24.2 Å². The van der Waals surface area contributed by atoms with Crippen molar-refractivity contribution >= 4 is 54.4 Å². The summed E-state index contributed by atoms with van der Waals surface area (Å²) in [6.45, 7) is 4.68. The Bertz CT molecular complexity index is 1530. The van der Waals surface area contributed by atoms with Gasteiger partial charge in [0.25, 0.3) is 5.91 Å². The van der Waals surface area contributed by atoms with Crippen LogP contribution in [0, 0.1) is 0 Å². The number of nitrogens with zero attached hydrogens (tertiary/aromatic N) is 3. The summed E-state index contributed by atoms with van der Waals surface area (Å²) in [7, 11) is -3.70. The number of amides is 1. The highest BCUT2D eigenvalue weighted by Gasteiger charge is 2.32. The van der Waals surface area contributed by atoms with Crippen molar-refractivity contribution in [3.8, 4) is 0 Å². The van der Waals surface area contributed by atoms with Gasteiger partial charge in [0.05, 0.1) is 33.9 Å². The second-order valence-electron chi connectivity index (χ2n) is 9.31. The first-order chi connectivity index (χ1) is 18.2.